The summed E-state index contributed by atoms with van der Waals surface area (Å²) in [5.74, 6) is -0.577. The molecule has 0 fully saturated rings. The van der Waals surface area contributed by atoms with Crippen LogP contribution in [0.5, 0.6) is 0 Å². The van der Waals surface area contributed by atoms with Gasteiger partial charge in [-0.3, -0.25) is 4.79 Å². The lowest BCUT2D eigenvalue weighted by atomic mass is 10.1. The van der Waals surface area contributed by atoms with Crippen LogP contribution < -0.4 is 4.72 Å². The van der Waals surface area contributed by atoms with Gasteiger partial charge in [-0.2, -0.15) is 0 Å². The van der Waals surface area contributed by atoms with Crippen molar-refractivity contribution < 1.29 is 23.1 Å². The van der Waals surface area contributed by atoms with Gasteiger partial charge < -0.3 is 9.84 Å². The molecule has 0 heterocycles. The zero-order valence-corrected chi connectivity index (χ0v) is 11.8. The molecule has 2 N–H and O–H groups in total. The first-order valence-corrected chi connectivity index (χ1v) is 7.80. The van der Waals surface area contributed by atoms with E-state index in [1.54, 1.807) is 6.92 Å². The lowest BCUT2D eigenvalue weighted by Crippen LogP contribution is -2.29. The van der Waals surface area contributed by atoms with Gasteiger partial charge in [-0.05, 0) is 25.7 Å². The predicted molar refractivity (Wildman–Crippen MR) is 68.5 cm³/mol. The molecule has 0 aliphatic carbocycles. The van der Waals surface area contributed by atoms with Crippen molar-refractivity contribution in [3.05, 3.63) is 0 Å². The molecule has 0 aliphatic rings. The van der Waals surface area contributed by atoms with Gasteiger partial charge in [0.25, 0.3) is 0 Å². The molecule has 0 radical (unpaired) electrons. The first-order valence-electron chi connectivity index (χ1n) is 6.15. The number of rotatable bonds is 10. The van der Waals surface area contributed by atoms with E-state index in [9.17, 15) is 13.2 Å². The molecule has 0 bridgehead atoms. The Morgan fingerprint density at radius 1 is 1.44 bits per heavy atom. The summed E-state index contributed by atoms with van der Waals surface area (Å²) in [6.45, 7) is 4.26. The SMILES string of the molecule is CCOC(=O)CCS(=O)(=O)NCCCC(C)CO. The van der Waals surface area contributed by atoms with Gasteiger partial charge in [0, 0.05) is 13.2 Å². The molecule has 0 saturated carbocycles. The monoisotopic (exact) mass is 281 g/mol. The Hall–Kier alpha value is -0.660. The van der Waals surface area contributed by atoms with Gasteiger partial charge in [0.2, 0.25) is 10.0 Å². The Kier molecular flexibility index (Phi) is 8.95. The van der Waals surface area contributed by atoms with Crippen molar-refractivity contribution in [2.75, 3.05) is 25.5 Å². The zero-order chi connectivity index (χ0) is 14.0. The van der Waals surface area contributed by atoms with Crippen molar-refractivity contribution in [3.8, 4) is 0 Å². The molecule has 1 unspecified atom stereocenters. The van der Waals surface area contributed by atoms with Gasteiger partial charge >= 0.3 is 5.97 Å². The molecule has 0 aliphatic heterocycles. The standard InChI is InChI=1S/C11H23NO5S/c1-3-17-11(14)6-8-18(15,16)12-7-4-5-10(2)9-13/h10,12-13H,3-9H2,1-2H3. The van der Waals surface area contributed by atoms with Crippen LogP contribution in [0.15, 0.2) is 0 Å². The molecule has 0 saturated heterocycles. The normalized spacial score (nSPS) is 13.3. The highest BCUT2D eigenvalue weighted by Gasteiger charge is 2.13. The maximum atomic E-state index is 11.5. The topological polar surface area (TPSA) is 92.7 Å². The van der Waals surface area contributed by atoms with Crippen LogP contribution in [0.4, 0.5) is 0 Å². The third kappa shape index (κ3) is 9.38. The molecule has 0 aromatic rings. The van der Waals surface area contributed by atoms with E-state index in [1.807, 2.05) is 6.92 Å². The molecule has 18 heavy (non-hydrogen) atoms. The number of hydrogen-bond donors (Lipinski definition) is 2. The molecule has 0 amide bonds. The van der Waals surface area contributed by atoms with E-state index >= 15 is 0 Å². The minimum atomic E-state index is -3.41. The number of nitrogens with one attached hydrogen (secondary N) is 1. The molecule has 108 valence electrons. The van der Waals surface area contributed by atoms with Crippen LogP contribution in [0.1, 0.15) is 33.1 Å². The number of sulfonamides is 1. The second-order valence-corrected chi connectivity index (χ2v) is 6.12. The number of esters is 1. The van der Waals surface area contributed by atoms with E-state index < -0.39 is 16.0 Å². The van der Waals surface area contributed by atoms with Crippen molar-refractivity contribution in [2.24, 2.45) is 5.92 Å². The molecular formula is C11H23NO5S. The van der Waals surface area contributed by atoms with Gasteiger partial charge in [-0.25, -0.2) is 13.1 Å². The Morgan fingerprint density at radius 3 is 2.67 bits per heavy atom. The summed E-state index contributed by atoms with van der Waals surface area (Å²) in [6, 6.07) is 0. The number of hydrogen-bond acceptors (Lipinski definition) is 5. The number of carbonyl (C=O) groups excluding carboxylic acids is 1. The van der Waals surface area contributed by atoms with Gasteiger partial charge in [-0.1, -0.05) is 6.92 Å². The van der Waals surface area contributed by atoms with Gasteiger partial charge in [0.05, 0.1) is 18.8 Å². The van der Waals surface area contributed by atoms with Crippen LogP contribution in [0.3, 0.4) is 0 Å². The third-order valence-electron chi connectivity index (χ3n) is 2.39. The van der Waals surface area contributed by atoms with Gasteiger partial charge in [0.15, 0.2) is 0 Å². The first-order chi connectivity index (χ1) is 8.41. The van der Waals surface area contributed by atoms with Crippen LogP contribution in [-0.2, 0) is 19.6 Å². The number of ether oxygens (including phenoxy) is 1. The highest BCUT2D eigenvalue weighted by molar-refractivity contribution is 7.89. The smallest absolute Gasteiger partial charge is 0.306 e. The zero-order valence-electron chi connectivity index (χ0n) is 11.0. The lowest BCUT2D eigenvalue weighted by Gasteiger charge is -2.09. The van der Waals surface area contributed by atoms with Crippen molar-refractivity contribution in [1.82, 2.24) is 4.72 Å². The van der Waals surface area contributed by atoms with E-state index in [1.165, 1.54) is 0 Å². The molecule has 0 aromatic carbocycles. The minimum absolute atomic E-state index is 0.107. The third-order valence-corrected chi connectivity index (χ3v) is 3.77. The summed E-state index contributed by atoms with van der Waals surface area (Å²) in [6.07, 6.45) is 1.30. The molecule has 0 spiro atoms. The van der Waals surface area contributed by atoms with E-state index in [2.05, 4.69) is 9.46 Å². The molecule has 6 nitrogen and oxygen atoms in total. The highest BCUT2D eigenvalue weighted by Crippen LogP contribution is 2.03. The molecule has 0 rings (SSSR count). The number of aliphatic hydroxyl groups is 1. The fourth-order valence-corrected chi connectivity index (χ4v) is 2.33. The van der Waals surface area contributed by atoms with Crippen molar-refractivity contribution in [1.29, 1.82) is 0 Å². The van der Waals surface area contributed by atoms with Crippen LogP contribution in [0, 0.1) is 5.92 Å². The summed E-state index contributed by atoms with van der Waals surface area (Å²) in [4.78, 5) is 11.0. The lowest BCUT2D eigenvalue weighted by molar-refractivity contribution is -0.142. The maximum Gasteiger partial charge on any atom is 0.306 e. The van der Waals surface area contributed by atoms with E-state index in [0.717, 1.165) is 6.42 Å². The average Bonchev–Trinajstić information content (AvgIpc) is 2.32. The maximum absolute atomic E-state index is 11.5. The summed E-state index contributed by atoms with van der Waals surface area (Å²) in [7, 11) is -3.41. The average molecular weight is 281 g/mol. The Morgan fingerprint density at radius 2 is 2.11 bits per heavy atom. The molecule has 1 atom stereocenters. The van der Waals surface area contributed by atoms with Crippen molar-refractivity contribution in [3.63, 3.8) is 0 Å². The predicted octanol–water partition coefficient (Wildman–Crippen LogP) is 0.268. The molecule has 7 heteroatoms. The number of aliphatic hydroxyl groups excluding tert-OH is 1. The fourth-order valence-electron chi connectivity index (χ4n) is 1.29. The largest absolute Gasteiger partial charge is 0.466 e. The van der Waals surface area contributed by atoms with Crippen molar-refractivity contribution >= 4 is 16.0 Å². The second-order valence-electron chi connectivity index (χ2n) is 4.20. The molecule has 0 aromatic heterocycles. The second kappa shape index (κ2) is 9.29. The van der Waals surface area contributed by atoms with E-state index in [0.29, 0.717) is 13.0 Å². The van der Waals surface area contributed by atoms with Crippen molar-refractivity contribution in [2.45, 2.75) is 33.1 Å². The van der Waals surface area contributed by atoms with Crippen LogP contribution in [0.2, 0.25) is 0 Å². The Bertz CT molecular complexity index is 328. The van der Waals surface area contributed by atoms with Gasteiger partial charge in [0.1, 0.15) is 0 Å². The minimum Gasteiger partial charge on any atom is -0.466 e. The summed E-state index contributed by atoms with van der Waals surface area (Å²) in [5.41, 5.74) is 0. The van der Waals surface area contributed by atoms with Crippen LogP contribution in [-0.4, -0.2) is 45.0 Å². The molecular weight excluding hydrogens is 258 g/mol. The van der Waals surface area contributed by atoms with Crippen LogP contribution >= 0.6 is 0 Å². The van der Waals surface area contributed by atoms with E-state index in [-0.39, 0.29) is 31.3 Å². The summed E-state index contributed by atoms with van der Waals surface area (Å²) in [5, 5.41) is 8.80. The van der Waals surface area contributed by atoms with Crippen LogP contribution in [0.25, 0.3) is 0 Å². The number of carbonyl (C=O) groups is 1. The highest BCUT2D eigenvalue weighted by atomic mass is 32.2. The quantitative estimate of drug-likeness (QED) is 0.443. The summed E-state index contributed by atoms with van der Waals surface area (Å²) >= 11 is 0. The summed E-state index contributed by atoms with van der Waals surface area (Å²) < 4.78 is 30.0. The van der Waals surface area contributed by atoms with Gasteiger partial charge in [-0.15, -0.1) is 0 Å². The fraction of sp³-hybridized carbons (Fsp3) is 0.909. The Labute approximate surface area is 109 Å². The first kappa shape index (κ1) is 17.3. The Balaban J connectivity index is 3.77. The van der Waals surface area contributed by atoms with E-state index in [4.69, 9.17) is 5.11 Å².